The Hall–Kier alpha value is -1.97. The molecule has 0 spiro atoms. The molecule has 0 fully saturated rings. The average Bonchev–Trinajstić information content (AvgIpc) is 2.41. The molecule has 1 heterocycles. The third-order valence-electron chi connectivity index (χ3n) is 2.69. The van der Waals surface area contributed by atoms with Gasteiger partial charge in [-0.2, -0.15) is 8.78 Å². The number of benzene rings is 1. The number of halogens is 5. The molecule has 1 atom stereocenters. The zero-order valence-corrected chi connectivity index (χ0v) is 11.1. The smallest absolute Gasteiger partial charge is 0.314 e. The first-order chi connectivity index (χ1) is 9.93. The molecule has 2 rings (SSSR count). The second-order valence-corrected chi connectivity index (χ2v) is 4.40. The topological polar surface area (TPSA) is 12.5 Å². The number of rotatable bonds is 3. The molecule has 21 heavy (non-hydrogen) atoms. The highest BCUT2D eigenvalue weighted by Gasteiger charge is 2.26. The molecule has 110 valence electrons. The first kappa shape index (κ1) is 15.4. The van der Waals surface area contributed by atoms with Crippen LogP contribution >= 0.6 is 11.6 Å². The van der Waals surface area contributed by atoms with Crippen LogP contribution < -0.4 is 4.90 Å². The number of hydrogen-bond donors (Lipinski definition) is 0. The van der Waals surface area contributed by atoms with Crippen LogP contribution in [0.25, 0.3) is 0 Å². The van der Waals surface area contributed by atoms with Gasteiger partial charge in [0.15, 0.2) is 12.0 Å². The van der Waals surface area contributed by atoms with E-state index in [2.05, 4.69) is 4.74 Å². The molecular formula is C14H8ClF4NO. The molecule has 1 aromatic carbocycles. The summed E-state index contributed by atoms with van der Waals surface area (Å²) in [5.41, 5.74) is -0.820. The van der Waals surface area contributed by atoms with Gasteiger partial charge >= 0.3 is 6.61 Å². The molecule has 0 saturated carbocycles. The molecular weight excluding hydrogens is 310 g/mol. The van der Waals surface area contributed by atoms with E-state index in [1.165, 1.54) is 18.4 Å². The maximum absolute atomic E-state index is 14.2. The lowest BCUT2D eigenvalue weighted by Gasteiger charge is -2.31. The fraction of sp³-hybridized carbons (Fsp3) is 0.143. The van der Waals surface area contributed by atoms with Crippen molar-refractivity contribution >= 4 is 17.3 Å². The van der Waals surface area contributed by atoms with Gasteiger partial charge in [-0.1, -0.05) is 17.5 Å². The van der Waals surface area contributed by atoms with Crippen LogP contribution in [0.1, 0.15) is 5.56 Å². The monoisotopic (exact) mass is 317 g/mol. The third kappa shape index (κ3) is 3.20. The molecule has 0 amide bonds. The first-order valence-electron chi connectivity index (χ1n) is 5.66. The summed E-state index contributed by atoms with van der Waals surface area (Å²) in [4.78, 5) is 1.00. The van der Waals surface area contributed by atoms with Crippen molar-refractivity contribution in [3.63, 3.8) is 0 Å². The molecule has 0 bridgehead atoms. The van der Waals surface area contributed by atoms with Gasteiger partial charge in [0.2, 0.25) is 0 Å². The van der Waals surface area contributed by atoms with Crippen LogP contribution in [0.2, 0.25) is 0 Å². The van der Waals surface area contributed by atoms with Gasteiger partial charge in [-0.05, 0) is 24.3 Å². The largest absolute Gasteiger partial charge is 0.347 e. The summed E-state index contributed by atoms with van der Waals surface area (Å²) in [5, 5.41) is 0.162. The number of terminal acetylenes is 1. The van der Waals surface area contributed by atoms with E-state index in [4.69, 9.17) is 18.0 Å². The number of hydrogen-bond acceptors (Lipinski definition) is 2. The average molecular weight is 318 g/mol. The Bertz CT molecular complexity index is 651. The van der Waals surface area contributed by atoms with E-state index in [-0.39, 0.29) is 10.7 Å². The van der Waals surface area contributed by atoms with Crippen molar-refractivity contribution in [2.24, 2.45) is 0 Å². The molecule has 0 aromatic heterocycles. The number of allylic oxidation sites excluding steroid dienone is 2. The summed E-state index contributed by atoms with van der Waals surface area (Å²) in [7, 11) is 0. The van der Waals surface area contributed by atoms with E-state index in [1.807, 2.05) is 5.92 Å². The summed E-state index contributed by atoms with van der Waals surface area (Å²) in [6.07, 6.45) is 7.47. The van der Waals surface area contributed by atoms with Crippen molar-refractivity contribution in [2.75, 3.05) is 4.90 Å². The minimum atomic E-state index is -3.08. The molecule has 7 heteroatoms. The second-order valence-electron chi connectivity index (χ2n) is 3.97. The molecule has 1 aliphatic heterocycles. The maximum Gasteiger partial charge on any atom is 0.347 e. The van der Waals surface area contributed by atoms with Gasteiger partial charge in [-0.15, -0.1) is 6.42 Å². The van der Waals surface area contributed by atoms with Gasteiger partial charge < -0.3 is 4.90 Å². The summed E-state index contributed by atoms with van der Waals surface area (Å²) >= 11 is 5.77. The Balaban J connectivity index is 2.47. The fourth-order valence-corrected chi connectivity index (χ4v) is 1.99. The third-order valence-corrected chi connectivity index (χ3v) is 2.92. The van der Waals surface area contributed by atoms with Crippen LogP contribution in [0.5, 0.6) is 0 Å². The van der Waals surface area contributed by atoms with Crippen molar-refractivity contribution in [2.45, 2.75) is 12.8 Å². The molecule has 0 saturated heterocycles. The normalized spacial score (nSPS) is 17.9. The predicted octanol–water partition coefficient (Wildman–Crippen LogP) is 3.97. The standard InChI is InChI=1S/C14H8ClF4NO/c1-2-9-10(16)4-5-11(13(9)17)20-7-8(15)3-6-12(20)21-14(18)19/h1,3-7,12,14H. The SMILES string of the molecule is C#Cc1c(F)ccc(N2C=C(Cl)C=CC2OC(F)F)c1F. The summed E-state index contributed by atoms with van der Waals surface area (Å²) in [6.45, 7) is -3.08. The minimum Gasteiger partial charge on any atom is -0.314 e. The van der Waals surface area contributed by atoms with Crippen molar-refractivity contribution in [3.8, 4) is 12.3 Å². The van der Waals surface area contributed by atoms with Crippen LogP contribution in [0.15, 0.2) is 35.5 Å². The molecule has 1 aromatic rings. The summed E-state index contributed by atoms with van der Waals surface area (Å²) in [5.74, 6) is -0.110. The van der Waals surface area contributed by atoms with E-state index in [1.54, 1.807) is 0 Å². The van der Waals surface area contributed by atoms with Gasteiger partial charge in [-0.25, -0.2) is 8.78 Å². The highest BCUT2D eigenvalue weighted by atomic mass is 35.5. The zero-order valence-electron chi connectivity index (χ0n) is 10.4. The van der Waals surface area contributed by atoms with Gasteiger partial charge in [0.1, 0.15) is 5.82 Å². The molecule has 2 nitrogen and oxygen atoms in total. The zero-order chi connectivity index (χ0) is 15.6. The first-order valence-corrected chi connectivity index (χ1v) is 6.04. The van der Waals surface area contributed by atoms with Crippen molar-refractivity contribution in [1.29, 1.82) is 0 Å². The Morgan fingerprint density at radius 1 is 1.33 bits per heavy atom. The molecule has 1 aliphatic rings. The Labute approximate surface area is 123 Å². The van der Waals surface area contributed by atoms with E-state index >= 15 is 0 Å². The van der Waals surface area contributed by atoms with Gasteiger partial charge in [-0.3, -0.25) is 4.74 Å². The number of ether oxygens (including phenoxy) is 1. The highest BCUT2D eigenvalue weighted by molar-refractivity contribution is 6.31. The Kier molecular flexibility index (Phi) is 4.56. The number of anilines is 1. The van der Waals surface area contributed by atoms with Crippen LogP contribution in [0.4, 0.5) is 23.2 Å². The summed E-state index contributed by atoms with van der Waals surface area (Å²) < 4.78 is 56.7. The number of alkyl halides is 2. The van der Waals surface area contributed by atoms with E-state index < -0.39 is 30.0 Å². The fourth-order valence-electron chi connectivity index (χ4n) is 1.81. The molecule has 0 radical (unpaired) electrons. The lowest BCUT2D eigenvalue weighted by molar-refractivity contribution is -0.148. The van der Waals surface area contributed by atoms with Crippen molar-refractivity contribution < 1.29 is 22.3 Å². The number of nitrogens with zero attached hydrogens (tertiary/aromatic N) is 1. The van der Waals surface area contributed by atoms with E-state index in [9.17, 15) is 17.6 Å². The lowest BCUT2D eigenvalue weighted by atomic mass is 10.1. The van der Waals surface area contributed by atoms with Crippen LogP contribution in [-0.4, -0.2) is 12.8 Å². The van der Waals surface area contributed by atoms with Crippen LogP contribution in [0, 0.1) is 24.0 Å². The van der Waals surface area contributed by atoms with Crippen molar-refractivity contribution in [1.82, 2.24) is 0 Å². The maximum atomic E-state index is 14.2. The van der Waals surface area contributed by atoms with E-state index in [0.29, 0.717) is 0 Å². The summed E-state index contributed by atoms with van der Waals surface area (Å²) in [6, 6.07) is 2.00. The Morgan fingerprint density at radius 2 is 2.05 bits per heavy atom. The minimum absolute atomic E-state index is 0.162. The quantitative estimate of drug-likeness (QED) is 0.618. The van der Waals surface area contributed by atoms with Crippen molar-refractivity contribution in [3.05, 3.63) is 52.7 Å². The lowest BCUT2D eigenvalue weighted by Crippen LogP contribution is -2.35. The molecule has 0 aliphatic carbocycles. The predicted molar refractivity (Wildman–Crippen MR) is 70.7 cm³/mol. The second kappa shape index (κ2) is 6.20. The molecule has 1 unspecified atom stereocenters. The van der Waals surface area contributed by atoms with Gasteiger partial charge in [0.25, 0.3) is 0 Å². The highest BCUT2D eigenvalue weighted by Crippen LogP contribution is 2.30. The molecule has 0 N–H and O–H groups in total. The van der Waals surface area contributed by atoms with Crippen LogP contribution in [0.3, 0.4) is 0 Å². The van der Waals surface area contributed by atoms with E-state index in [0.717, 1.165) is 17.0 Å². The van der Waals surface area contributed by atoms with Gasteiger partial charge in [0, 0.05) is 6.20 Å². The van der Waals surface area contributed by atoms with Crippen LogP contribution in [-0.2, 0) is 4.74 Å². The Morgan fingerprint density at radius 3 is 2.67 bits per heavy atom. The van der Waals surface area contributed by atoms with Gasteiger partial charge in [0.05, 0.1) is 16.3 Å².